The van der Waals surface area contributed by atoms with E-state index in [0.717, 1.165) is 38.5 Å². The largest absolute Gasteiger partial charge is 0.394 e. The third kappa shape index (κ3) is 6.79. The molecule has 4 nitrogen and oxygen atoms in total. The van der Waals surface area contributed by atoms with Gasteiger partial charge in [-0.25, -0.2) is 0 Å². The Hall–Kier alpha value is -1.98. The van der Waals surface area contributed by atoms with Gasteiger partial charge in [0.15, 0.2) is 0 Å². The van der Waals surface area contributed by atoms with Crippen LogP contribution >= 0.6 is 0 Å². The molecule has 0 spiro atoms. The first kappa shape index (κ1) is 26.6. The molecule has 3 rings (SSSR count). The molecule has 0 amide bonds. The molecule has 1 fully saturated rings. The van der Waals surface area contributed by atoms with Crippen LogP contribution in [0.4, 0.5) is 0 Å². The fourth-order valence-electron chi connectivity index (χ4n) is 5.04. The molecular formula is C30H42O4. The van der Waals surface area contributed by atoms with Crippen LogP contribution in [0, 0.1) is 19.8 Å². The molecule has 1 aliphatic rings. The number of rotatable bonds is 12. The summed E-state index contributed by atoms with van der Waals surface area (Å²) in [5.41, 5.74) is 6.25. The van der Waals surface area contributed by atoms with Crippen LogP contribution in [0.15, 0.2) is 55.1 Å². The van der Waals surface area contributed by atoms with Crippen molar-refractivity contribution in [3.05, 3.63) is 77.4 Å². The molecule has 0 radical (unpaired) electrons. The van der Waals surface area contributed by atoms with Gasteiger partial charge in [-0.15, -0.1) is 0 Å². The van der Waals surface area contributed by atoms with E-state index in [0.29, 0.717) is 5.92 Å². The van der Waals surface area contributed by atoms with Gasteiger partial charge >= 0.3 is 0 Å². The van der Waals surface area contributed by atoms with Gasteiger partial charge in [0, 0.05) is 5.92 Å². The Labute approximate surface area is 205 Å². The molecular weight excluding hydrogens is 424 g/mol. The number of hydrogen-bond acceptors (Lipinski definition) is 4. The predicted molar refractivity (Wildman–Crippen MR) is 139 cm³/mol. The third-order valence-electron chi connectivity index (χ3n) is 7.37. The van der Waals surface area contributed by atoms with Gasteiger partial charge in [0.1, 0.15) is 18.3 Å². The summed E-state index contributed by atoms with van der Waals surface area (Å²) in [5, 5.41) is 29.5. The zero-order valence-electron chi connectivity index (χ0n) is 21.0. The number of benzene rings is 2. The minimum atomic E-state index is -1.00. The average Bonchev–Trinajstić information content (AvgIpc) is 3.13. The van der Waals surface area contributed by atoms with Crippen LogP contribution in [0.5, 0.6) is 0 Å². The molecule has 0 saturated carbocycles. The minimum Gasteiger partial charge on any atom is -0.394 e. The van der Waals surface area contributed by atoms with Crippen molar-refractivity contribution < 1.29 is 20.1 Å². The zero-order valence-corrected chi connectivity index (χ0v) is 21.0. The van der Waals surface area contributed by atoms with Gasteiger partial charge in [-0.05, 0) is 49.3 Å². The van der Waals surface area contributed by atoms with E-state index in [1.807, 2.05) is 0 Å². The van der Waals surface area contributed by atoms with Crippen molar-refractivity contribution in [3.8, 4) is 0 Å². The molecule has 1 aliphatic heterocycles. The van der Waals surface area contributed by atoms with Crippen LogP contribution in [-0.4, -0.2) is 46.3 Å². The first-order chi connectivity index (χ1) is 16.3. The molecule has 2 unspecified atom stereocenters. The Morgan fingerprint density at radius 1 is 0.853 bits per heavy atom. The summed E-state index contributed by atoms with van der Waals surface area (Å²) in [6.45, 7) is 10.5. The molecule has 0 bridgehead atoms. The van der Waals surface area contributed by atoms with Gasteiger partial charge < -0.3 is 20.1 Å². The summed E-state index contributed by atoms with van der Waals surface area (Å²) in [6.07, 6.45) is 3.45. The Balaban J connectivity index is 1.49. The van der Waals surface area contributed by atoms with Gasteiger partial charge in [-0.3, -0.25) is 0 Å². The standard InChI is InChI=1S/C30H42O4/c1-20-11-15-24(16-12-20)23(4)26(25-17-13-21(2)14-18-25)10-8-6-5-7-9-22(3)30-29(33)28(32)27(19-31)34-30/h11-18,22,26-33H,4-10,19H2,1-3H3/t22?,26?,27-,28-,29+,30+/m1/s1. The van der Waals surface area contributed by atoms with Crippen LogP contribution < -0.4 is 0 Å². The Morgan fingerprint density at radius 2 is 1.41 bits per heavy atom. The maximum Gasteiger partial charge on any atom is 0.111 e. The third-order valence-corrected chi connectivity index (χ3v) is 7.37. The molecule has 6 atom stereocenters. The first-order valence-corrected chi connectivity index (χ1v) is 12.8. The molecule has 186 valence electrons. The van der Waals surface area contributed by atoms with Crippen molar-refractivity contribution in [2.75, 3.05) is 6.61 Å². The second-order valence-corrected chi connectivity index (χ2v) is 10.1. The maximum atomic E-state index is 10.2. The Morgan fingerprint density at radius 3 is 1.97 bits per heavy atom. The Bertz CT molecular complexity index is 889. The summed E-state index contributed by atoms with van der Waals surface area (Å²) < 4.78 is 5.68. The molecule has 2 aromatic rings. The summed E-state index contributed by atoms with van der Waals surface area (Å²) in [7, 11) is 0. The van der Waals surface area contributed by atoms with Crippen LogP contribution in [0.3, 0.4) is 0 Å². The molecule has 3 N–H and O–H groups in total. The number of aliphatic hydroxyl groups is 3. The van der Waals surface area contributed by atoms with Crippen molar-refractivity contribution in [1.82, 2.24) is 0 Å². The molecule has 34 heavy (non-hydrogen) atoms. The molecule has 1 saturated heterocycles. The highest BCUT2D eigenvalue weighted by Crippen LogP contribution is 2.36. The van der Waals surface area contributed by atoms with E-state index in [4.69, 9.17) is 4.74 Å². The molecule has 2 aromatic carbocycles. The summed E-state index contributed by atoms with van der Waals surface area (Å²) in [6, 6.07) is 17.5. The lowest BCUT2D eigenvalue weighted by Gasteiger charge is -2.22. The lowest BCUT2D eigenvalue weighted by molar-refractivity contribution is -0.0417. The highest BCUT2D eigenvalue weighted by atomic mass is 16.6. The fraction of sp³-hybridized carbons (Fsp3) is 0.533. The van der Waals surface area contributed by atoms with Crippen LogP contribution in [0.2, 0.25) is 0 Å². The number of unbranched alkanes of at least 4 members (excludes halogenated alkanes) is 3. The quantitative estimate of drug-likeness (QED) is 0.358. The van der Waals surface area contributed by atoms with Crippen molar-refractivity contribution in [1.29, 1.82) is 0 Å². The number of allylic oxidation sites excluding steroid dienone is 1. The summed E-state index contributed by atoms with van der Waals surface area (Å²) in [4.78, 5) is 0. The summed E-state index contributed by atoms with van der Waals surface area (Å²) in [5.74, 6) is 0.448. The van der Waals surface area contributed by atoms with Gasteiger partial charge in [-0.2, -0.15) is 0 Å². The van der Waals surface area contributed by atoms with Gasteiger partial charge in [0.25, 0.3) is 0 Å². The van der Waals surface area contributed by atoms with E-state index in [1.54, 1.807) is 0 Å². The smallest absolute Gasteiger partial charge is 0.111 e. The van der Waals surface area contributed by atoms with Crippen LogP contribution in [0.25, 0.3) is 5.57 Å². The van der Waals surface area contributed by atoms with Crippen molar-refractivity contribution in [2.24, 2.45) is 5.92 Å². The molecule has 4 heteroatoms. The monoisotopic (exact) mass is 466 g/mol. The van der Waals surface area contributed by atoms with Gasteiger partial charge in [0.05, 0.1) is 12.7 Å². The second kappa shape index (κ2) is 12.6. The van der Waals surface area contributed by atoms with Crippen LogP contribution in [-0.2, 0) is 4.74 Å². The van der Waals surface area contributed by atoms with E-state index in [2.05, 4.69) is 75.9 Å². The van der Waals surface area contributed by atoms with E-state index in [-0.39, 0.29) is 12.5 Å². The van der Waals surface area contributed by atoms with Gasteiger partial charge in [-0.1, -0.05) is 98.8 Å². The molecule has 0 aliphatic carbocycles. The summed E-state index contributed by atoms with van der Waals surface area (Å²) >= 11 is 0. The normalized spacial score (nSPS) is 24.2. The number of aliphatic hydroxyl groups excluding tert-OH is 3. The van der Waals surface area contributed by atoms with Gasteiger partial charge in [0.2, 0.25) is 0 Å². The average molecular weight is 467 g/mol. The molecule has 1 heterocycles. The van der Waals surface area contributed by atoms with E-state index < -0.39 is 24.4 Å². The first-order valence-electron chi connectivity index (χ1n) is 12.8. The number of ether oxygens (including phenoxy) is 1. The Kier molecular flexibility index (Phi) is 9.90. The van der Waals surface area contributed by atoms with Crippen molar-refractivity contribution >= 4 is 5.57 Å². The fourth-order valence-corrected chi connectivity index (χ4v) is 5.04. The van der Waals surface area contributed by atoms with Crippen LogP contribution in [0.1, 0.15) is 73.6 Å². The lowest BCUT2D eigenvalue weighted by atomic mass is 9.83. The highest BCUT2D eigenvalue weighted by molar-refractivity contribution is 5.69. The minimum absolute atomic E-state index is 0.142. The van der Waals surface area contributed by atoms with Crippen molar-refractivity contribution in [3.63, 3.8) is 0 Å². The molecule has 0 aromatic heterocycles. The lowest BCUT2D eigenvalue weighted by Crippen LogP contribution is -2.35. The second-order valence-electron chi connectivity index (χ2n) is 10.1. The predicted octanol–water partition coefficient (Wildman–Crippen LogP) is 5.56. The zero-order chi connectivity index (χ0) is 24.7. The number of aryl methyl sites for hydroxylation is 2. The maximum absolute atomic E-state index is 10.2. The van der Waals surface area contributed by atoms with E-state index >= 15 is 0 Å². The topological polar surface area (TPSA) is 69.9 Å². The van der Waals surface area contributed by atoms with E-state index in [1.165, 1.54) is 27.8 Å². The SMILES string of the molecule is C=C(c1ccc(C)cc1)C(CCCCCCC(C)[C@@H]1O[C@H](CO)[C@@H](O)[C@@H]1O)c1ccc(C)cc1. The van der Waals surface area contributed by atoms with E-state index in [9.17, 15) is 15.3 Å². The highest BCUT2D eigenvalue weighted by Gasteiger charge is 2.44. The van der Waals surface area contributed by atoms with Crippen molar-refractivity contribution in [2.45, 2.75) is 89.6 Å². The number of hydrogen-bond donors (Lipinski definition) is 3.